The van der Waals surface area contributed by atoms with Gasteiger partial charge >= 0.3 is 5.97 Å². The number of carbonyl (C=O) groups is 1. The molecule has 0 radical (unpaired) electrons. The minimum absolute atomic E-state index is 0.202. The van der Waals surface area contributed by atoms with Crippen molar-refractivity contribution in [3.63, 3.8) is 0 Å². The van der Waals surface area contributed by atoms with Gasteiger partial charge in [0.1, 0.15) is 0 Å². The Labute approximate surface area is 103 Å². The number of carbonyl (C=O) groups excluding carboxylic acids is 1. The van der Waals surface area contributed by atoms with Gasteiger partial charge in [0.2, 0.25) is 5.95 Å². The largest absolute Gasteiger partial charge is 0.465 e. The van der Waals surface area contributed by atoms with E-state index in [0.29, 0.717) is 11.3 Å². The lowest BCUT2D eigenvalue weighted by Gasteiger charge is -2.08. The van der Waals surface area contributed by atoms with Gasteiger partial charge in [0.25, 0.3) is 0 Å². The van der Waals surface area contributed by atoms with Crippen molar-refractivity contribution in [1.29, 1.82) is 0 Å². The molecule has 0 saturated heterocycles. The van der Waals surface area contributed by atoms with Crippen molar-refractivity contribution in [3.05, 3.63) is 48.0 Å². The first kappa shape index (κ1) is 12.0. The predicted octanol–water partition coefficient (Wildman–Crippen LogP) is 2.15. The SMILES string of the molecule is COC(=O)c1ccccc1Nc1ncc(F)cn1. The Hall–Kier alpha value is -2.50. The number of hydrogen-bond acceptors (Lipinski definition) is 5. The molecule has 0 aliphatic heterocycles. The number of ether oxygens (including phenoxy) is 1. The summed E-state index contributed by atoms with van der Waals surface area (Å²) >= 11 is 0. The zero-order valence-electron chi connectivity index (χ0n) is 9.55. The van der Waals surface area contributed by atoms with Crippen LogP contribution in [0.5, 0.6) is 0 Å². The van der Waals surface area contributed by atoms with Crippen LogP contribution >= 0.6 is 0 Å². The Morgan fingerprint density at radius 3 is 2.61 bits per heavy atom. The van der Waals surface area contributed by atoms with Crippen LogP contribution in [0, 0.1) is 5.82 Å². The number of para-hydroxylation sites is 1. The summed E-state index contributed by atoms with van der Waals surface area (Å²) in [6, 6.07) is 6.75. The van der Waals surface area contributed by atoms with E-state index >= 15 is 0 Å². The van der Waals surface area contributed by atoms with Crippen molar-refractivity contribution in [1.82, 2.24) is 9.97 Å². The zero-order chi connectivity index (χ0) is 13.0. The van der Waals surface area contributed by atoms with Crippen LogP contribution in [0.25, 0.3) is 0 Å². The van der Waals surface area contributed by atoms with E-state index in [1.807, 2.05) is 0 Å². The van der Waals surface area contributed by atoms with E-state index < -0.39 is 11.8 Å². The van der Waals surface area contributed by atoms with Crippen LogP contribution < -0.4 is 5.32 Å². The third-order valence-corrected chi connectivity index (χ3v) is 2.20. The molecule has 0 bridgehead atoms. The van der Waals surface area contributed by atoms with Crippen molar-refractivity contribution in [2.45, 2.75) is 0 Å². The first-order valence-corrected chi connectivity index (χ1v) is 5.12. The molecule has 0 atom stereocenters. The second kappa shape index (κ2) is 5.22. The standard InChI is InChI=1S/C12H10FN3O2/c1-18-11(17)9-4-2-3-5-10(9)16-12-14-6-8(13)7-15-12/h2-7H,1H3,(H,14,15,16). The molecule has 0 saturated carbocycles. The van der Waals surface area contributed by atoms with Crippen molar-refractivity contribution < 1.29 is 13.9 Å². The maximum Gasteiger partial charge on any atom is 0.339 e. The third kappa shape index (κ3) is 2.60. The quantitative estimate of drug-likeness (QED) is 0.842. The second-order valence-corrected chi connectivity index (χ2v) is 3.39. The number of methoxy groups -OCH3 is 1. The van der Waals surface area contributed by atoms with Crippen molar-refractivity contribution >= 4 is 17.6 Å². The van der Waals surface area contributed by atoms with Crippen LogP contribution in [0.1, 0.15) is 10.4 Å². The number of halogens is 1. The molecule has 0 fully saturated rings. The average Bonchev–Trinajstić information content (AvgIpc) is 2.41. The fourth-order valence-corrected chi connectivity index (χ4v) is 1.38. The summed E-state index contributed by atoms with van der Waals surface area (Å²) in [6.45, 7) is 0. The molecule has 2 rings (SSSR count). The van der Waals surface area contributed by atoms with Gasteiger partial charge in [-0.15, -0.1) is 0 Å². The number of benzene rings is 1. The van der Waals surface area contributed by atoms with Crippen molar-refractivity contribution in [3.8, 4) is 0 Å². The van der Waals surface area contributed by atoms with Crippen LogP contribution in [0.3, 0.4) is 0 Å². The number of rotatable bonds is 3. The molecular formula is C12H10FN3O2. The lowest BCUT2D eigenvalue weighted by Crippen LogP contribution is -2.06. The molecular weight excluding hydrogens is 237 g/mol. The summed E-state index contributed by atoms with van der Waals surface area (Å²) in [5.74, 6) is -0.797. The van der Waals surface area contributed by atoms with Crippen LogP contribution in [0.2, 0.25) is 0 Å². The highest BCUT2D eigenvalue weighted by Crippen LogP contribution is 2.19. The first-order valence-electron chi connectivity index (χ1n) is 5.12. The molecule has 0 aliphatic rings. The van der Waals surface area contributed by atoms with E-state index in [2.05, 4.69) is 20.0 Å². The summed E-state index contributed by atoms with van der Waals surface area (Å²) in [7, 11) is 1.30. The second-order valence-electron chi connectivity index (χ2n) is 3.39. The average molecular weight is 247 g/mol. The molecule has 5 nitrogen and oxygen atoms in total. The Balaban J connectivity index is 2.28. The Morgan fingerprint density at radius 1 is 1.28 bits per heavy atom. The predicted molar refractivity (Wildman–Crippen MR) is 63.1 cm³/mol. The van der Waals surface area contributed by atoms with Crippen LogP contribution in [0.15, 0.2) is 36.7 Å². The molecule has 0 unspecified atom stereocenters. The zero-order valence-corrected chi connectivity index (χ0v) is 9.55. The minimum atomic E-state index is -0.526. The van der Waals surface area contributed by atoms with Gasteiger partial charge in [-0.25, -0.2) is 19.2 Å². The van der Waals surface area contributed by atoms with Crippen LogP contribution in [-0.2, 0) is 4.74 Å². The Morgan fingerprint density at radius 2 is 1.94 bits per heavy atom. The maximum absolute atomic E-state index is 12.7. The summed E-state index contributed by atoms with van der Waals surface area (Å²) in [6.07, 6.45) is 2.08. The van der Waals surface area contributed by atoms with Gasteiger partial charge in [0, 0.05) is 0 Å². The normalized spacial score (nSPS) is 9.89. The molecule has 2 aromatic rings. The summed E-state index contributed by atoms with van der Waals surface area (Å²) in [4.78, 5) is 19.0. The minimum Gasteiger partial charge on any atom is -0.465 e. The fraction of sp³-hybridized carbons (Fsp3) is 0.0833. The number of nitrogens with one attached hydrogen (secondary N) is 1. The highest BCUT2D eigenvalue weighted by molar-refractivity contribution is 5.96. The van der Waals surface area contributed by atoms with Crippen LogP contribution in [-0.4, -0.2) is 23.0 Å². The van der Waals surface area contributed by atoms with Crippen LogP contribution in [0.4, 0.5) is 16.0 Å². The number of nitrogens with zero attached hydrogens (tertiary/aromatic N) is 2. The summed E-state index contributed by atoms with van der Waals surface area (Å²) in [5.41, 5.74) is 0.851. The summed E-state index contributed by atoms with van der Waals surface area (Å²) in [5, 5.41) is 2.83. The van der Waals surface area contributed by atoms with Gasteiger partial charge in [0.05, 0.1) is 30.8 Å². The van der Waals surface area contributed by atoms with E-state index in [4.69, 9.17) is 0 Å². The molecule has 0 amide bonds. The molecule has 6 heteroatoms. The Bertz CT molecular complexity index is 558. The molecule has 1 aromatic carbocycles. The number of esters is 1. The Kier molecular flexibility index (Phi) is 3.47. The van der Waals surface area contributed by atoms with Gasteiger partial charge in [-0.05, 0) is 12.1 Å². The molecule has 0 aliphatic carbocycles. The lowest BCUT2D eigenvalue weighted by atomic mass is 10.2. The highest BCUT2D eigenvalue weighted by atomic mass is 19.1. The van der Waals surface area contributed by atoms with Gasteiger partial charge in [-0.1, -0.05) is 12.1 Å². The van der Waals surface area contributed by atoms with Crippen molar-refractivity contribution in [2.24, 2.45) is 0 Å². The van der Waals surface area contributed by atoms with E-state index in [9.17, 15) is 9.18 Å². The topological polar surface area (TPSA) is 64.1 Å². The van der Waals surface area contributed by atoms with E-state index in [-0.39, 0.29) is 5.95 Å². The molecule has 1 aromatic heterocycles. The fourth-order valence-electron chi connectivity index (χ4n) is 1.38. The smallest absolute Gasteiger partial charge is 0.339 e. The maximum atomic E-state index is 12.7. The third-order valence-electron chi connectivity index (χ3n) is 2.20. The molecule has 1 N–H and O–H groups in total. The number of anilines is 2. The first-order chi connectivity index (χ1) is 8.70. The number of aromatic nitrogens is 2. The molecule has 1 heterocycles. The van der Waals surface area contributed by atoms with Gasteiger partial charge < -0.3 is 10.1 Å². The molecule has 0 spiro atoms. The van der Waals surface area contributed by atoms with E-state index in [0.717, 1.165) is 12.4 Å². The van der Waals surface area contributed by atoms with Gasteiger partial charge in [0.15, 0.2) is 5.82 Å². The summed E-state index contributed by atoms with van der Waals surface area (Å²) < 4.78 is 17.3. The van der Waals surface area contributed by atoms with Crippen molar-refractivity contribution in [2.75, 3.05) is 12.4 Å². The highest BCUT2D eigenvalue weighted by Gasteiger charge is 2.11. The monoisotopic (exact) mass is 247 g/mol. The molecule has 92 valence electrons. The molecule has 18 heavy (non-hydrogen) atoms. The van der Waals surface area contributed by atoms with Gasteiger partial charge in [-0.2, -0.15) is 0 Å². The lowest BCUT2D eigenvalue weighted by molar-refractivity contribution is 0.0602. The van der Waals surface area contributed by atoms with Gasteiger partial charge in [-0.3, -0.25) is 0 Å². The number of hydrogen-bond donors (Lipinski definition) is 1. The van der Waals surface area contributed by atoms with E-state index in [1.54, 1.807) is 24.3 Å². The van der Waals surface area contributed by atoms with E-state index in [1.165, 1.54) is 7.11 Å².